The average molecular weight is 236 g/mol. The second-order valence-corrected chi connectivity index (χ2v) is 4.71. The number of halogens is 1. The molecule has 0 bridgehead atoms. The van der Waals surface area contributed by atoms with Gasteiger partial charge >= 0.3 is 5.97 Å². The number of esters is 1. The summed E-state index contributed by atoms with van der Waals surface area (Å²) in [6.07, 6.45) is 4.40. The molecule has 1 aromatic rings. The van der Waals surface area contributed by atoms with E-state index in [0.29, 0.717) is 11.5 Å². The molecule has 2 unspecified atom stereocenters. The molecule has 17 heavy (non-hydrogen) atoms. The molecule has 1 saturated carbocycles. The Morgan fingerprint density at radius 1 is 1.24 bits per heavy atom. The van der Waals surface area contributed by atoms with E-state index in [9.17, 15) is 9.18 Å². The lowest BCUT2D eigenvalue weighted by atomic mass is 9.88. The Balaban J connectivity index is 1.98. The molecule has 1 aliphatic carbocycles. The zero-order valence-electron chi connectivity index (χ0n) is 9.99. The van der Waals surface area contributed by atoms with Gasteiger partial charge in [-0.3, -0.25) is 0 Å². The SMILES string of the molecule is CC1CCCCC1OC(=O)c1ccc(F)cc1. The molecule has 1 fully saturated rings. The van der Waals surface area contributed by atoms with Gasteiger partial charge in [-0.15, -0.1) is 0 Å². The van der Waals surface area contributed by atoms with Crippen LogP contribution in [0.3, 0.4) is 0 Å². The van der Waals surface area contributed by atoms with E-state index in [1.807, 2.05) is 0 Å². The Bertz CT molecular complexity index is 386. The third-order valence-corrected chi connectivity index (χ3v) is 3.37. The molecular formula is C14H17FO2. The largest absolute Gasteiger partial charge is 0.459 e. The minimum atomic E-state index is -0.344. The summed E-state index contributed by atoms with van der Waals surface area (Å²) in [5, 5.41) is 0. The summed E-state index contributed by atoms with van der Waals surface area (Å²) < 4.78 is 18.2. The quantitative estimate of drug-likeness (QED) is 0.734. The van der Waals surface area contributed by atoms with Crippen LogP contribution >= 0.6 is 0 Å². The number of hydrogen-bond donors (Lipinski definition) is 0. The highest BCUT2D eigenvalue weighted by Gasteiger charge is 2.25. The van der Waals surface area contributed by atoms with E-state index in [4.69, 9.17) is 4.74 Å². The van der Waals surface area contributed by atoms with Crippen LogP contribution < -0.4 is 0 Å². The minimum Gasteiger partial charge on any atom is -0.459 e. The lowest BCUT2D eigenvalue weighted by Gasteiger charge is -2.28. The van der Waals surface area contributed by atoms with Gasteiger partial charge in [0.2, 0.25) is 0 Å². The highest BCUT2D eigenvalue weighted by molar-refractivity contribution is 5.89. The van der Waals surface area contributed by atoms with Gasteiger partial charge < -0.3 is 4.74 Å². The van der Waals surface area contributed by atoms with Gasteiger partial charge in [0.1, 0.15) is 11.9 Å². The van der Waals surface area contributed by atoms with Gasteiger partial charge in [-0.05, 0) is 49.4 Å². The molecule has 0 spiro atoms. The van der Waals surface area contributed by atoms with Crippen molar-refractivity contribution in [2.24, 2.45) is 5.92 Å². The number of hydrogen-bond acceptors (Lipinski definition) is 2. The first-order chi connectivity index (χ1) is 8.16. The standard InChI is InChI=1S/C14H17FO2/c1-10-4-2-3-5-13(10)17-14(16)11-6-8-12(15)9-7-11/h6-10,13H,2-5H2,1H3. The molecule has 92 valence electrons. The normalized spacial score (nSPS) is 24.4. The molecular weight excluding hydrogens is 219 g/mol. The van der Waals surface area contributed by atoms with E-state index in [1.54, 1.807) is 0 Å². The molecule has 0 amide bonds. The molecule has 1 aromatic carbocycles. The van der Waals surface area contributed by atoms with E-state index < -0.39 is 0 Å². The molecule has 1 aliphatic rings. The molecule has 0 saturated heterocycles. The van der Waals surface area contributed by atoms with Crippen LogP contribution in [0.1, 0.15) is 43.0 Å². The maximum atomic E-state index is 12.7. The summed E-state index contributed by atoms with van der Waals surface area (Å²) in [6, 6.07) is 5.48. The van der Waals surface area contributed by atoms with Gasteiger partial charge in [-0.1, -0.05) is 13.3 Å². The van der Waals surface area contributed by atoms with Gasteiger partial charge in [-0.2, -0.15) is 0 Å². The van der Waals surface area contributed by atoms with E-state index in [1.165, 1.54) is 30.7 Å². The zero-order chi connectivity index (χ0) is 12.3. The van der Waals surface area contributed by atoms with Crippen molar-refractivity contribution in [1.29, 1.82) is 0 Å². The predicted octanol–water partition coefficient (Wildman–Crippen LogP) is 3.56. The summed E-state index contributed by atoms with van der Waals surface area (Å²) in [7, 11) is 0. The maximum Gasteiger partial charge on any atom is 0.338 e. The third kappa shape index (κ3) is 3.05. The first kappa shape index (κ1) is 12.1. The number of benzene rings is 1. The van der Waals surface area contributed by atoms with Gasteiger partial charge in [0.15, 0.2) is 0 Å². The highest BCUT2D eigenvalue weighted by Crippen LogP contribution is 2.27. The van der Waals surface area contributed by atoms with Crippen molar-refractivity contribution < 1.29 is 13.9 Å². The number of ether oxygens (including phenoxy) is 1. The molecule has 2 nitrogen and oxygen atoms in total. The first-order valence-corrected chi connectivity index (χ1v) is 6.13. The van der Waals surface area contributed by atoms with E-state index in [-0.39, 0.29) is 17.9 Å². The van der Waals surface area contributed by atoms with E-state index in [2.05, 4.69) is 6.92 Å². The topological polar surface area (TPSA) is 26.3 Å². The van der Waals surface area contributed by atoms with Crippen molar-refractivity contribution in [3.8, 4) is 0 Å². The summed E-state index contributed by atoms with van der Waals surface area (Å²) in [5.41, 5.74) is 0.421. The number of carbonyl (C=O) groups excluding carboxylic acids is 1. The van der Waals surface area contributed by atoms with Crippen LogP contribution in [0.4, 0.5) is 4.39 Å². The van der Waals surface area contributed by atoms with Gasteiger partial charge in [0.25, 0.3) is 0 Å². The monoisotopic (exact) mass is 236 g/mol. The van der Waals surface area contributed by atoms with Gasteiger partial charge in [0.05, 0.1) is 5.56 Å². The van der Waals surface area contributed by atoms with Gasteiger partial charge in [-0.25, -0.2) is 9.18 Å². The predicted molar refractivity (Wildman–Crippen MR) is 63.2 cm³/mol. The molecule has 0 aromatic heterocycles. The summed E-state index contributed by atoms with van der Waals surface area (Å²) in [5.74, 6) is -0.260. The van der Waals surface area contributed by atoms with E-state index in [0.717, 1.165) is 19.3 Å². The highest BCUT2D eigenvalue weighted by atomic mass is 19.1. The Morgan fingerprint density at radius 3 is 2.53 bits per heavy atom. The molecule has 0 radical (unpaired) electrons. The molecule has 0 aliphatic heterocycles. The van der Waals surface area contributed by atoms with Crippen molar-refractivity contribution >= 4 is 5.97 Å². The molecule has 2 rings (SSSR count). The smallest absolute Gasteiger partial charge is 0.338 e. The molecule has 0 N–H and O–H groups in total. The van der Waals surface area contributed by atoms with Crippen molar-refractivity contribution in [2.75, 3.05) is 0 Å². The third-order valence-electron chi connectivity index (χ3n) is 3.37. The summed E-state index contributed by atoms with van der Waals surface area (Å²) in [4.78, 5) is 11.8. The van der Waals surface area contributed by atoms with Crippen LogP contribution in [0, 0.1) is 11.7 Å². The van der Waals surface area contributed by atoms with Crippen molar-refractivity contribution in [2.45, 2.75) is 38.7 Å². The van der Waals surface area contributed by atoms with Crippen molar-refractivity contribution in [3.05, 3.63) is 35.6 Å². The van der Waals surface area contributed by atoms with Crippen LogP contribution in [0.15, 0.2) is 24.3 Å². The fraction of sp³-hybridized carbons (Fsp3) is 0.500. The Hall–Kier alpha value is -1.38. The zero-order valence-corrected chi connectivity index (χ0v) is 9.99. The summed E-state index contributed by atoms with van der Waals surface area (Å²) >= 11 is 0. The maximum absolute atomic E-state index is 12.7. The lowest BCUT2D eigenvalue weighted by Crippen LogP contribution is -2.28. The van der Waals surface area contributed by atoms with Crippen LogP contribution in [0.2, 0.25) is 0 Å². The Kier molecular flexibility index (Phi) is 3.77. The molecule has 0 heterocycles. The van der Waals surface area contributed by atoms with E-state index >= 15 is 0 Å². The first-order valence-electron chi connectivity index (χ1n) is 6.13. The van der Waals surface area contributed by atoms with Crippen LogP contribution in [-0.2, 0) is 4.74 Å². The van der Waals surface area contributed by atoms with Crippen molar-refractivity contribution in [3.63, 3.8) is 0 Å². The molecule has 2 atom stereocenters. The van der Waals surface area contributed by atoms with Crippen LogP contribution in [-0.4, -0.2) is 12.1 Å². The Labute approximate surface area is 101 Å². The fourth-order valence-electron chi connectivity index (χ4n) is 2.25. The average Bonchev–Trinajstić information content (AvgIpc) is 2.33. The Morgan fingerprint density at radius 2 is 1.88 bits per heavy atom. The summed E-state index contributed by atoms with van der Waals surface area (Å²) in [6.45, 7) is 2.11. The fourth-order valence-corrected chi connectivity index (χ4v) is 2.25. The molecule has 3 heteroatoms. The van der Waals surface area contributed by atoms with Gasteiger partial charge in [0, 0.05) is 0 Å². The van der Waals surface area contributed by atoms with Crippen LogP contribution in [0.5, 0.6) is 0 Å². The van der Waals surface area contributed by atoms with Crippen molar-refractivity contribution in [1.82, 2.24) is 0 Å². The second kappa shape index (κ2) is 5.30. The van der Waals surface area contributed by atoms with Crippen LogP contribution in [0.25, 0.3) is 0 Å². The minimum absolute atomic E-state index is 0.0151. The number of carbonyl (C=O) groups is 1. The lowest BCUT2D eigenvalue weighted by molar-refractivity contribution is 0.00481. The second-order valence-electron chi connectivity index (χ2n) is 4.71. The number of rotatable bonds is 2.